The predicted molar refractivity (Wildman–Crippen MR) is 100 cm³/mol. The number of alkyl halides is 2. The van der Waals surface area contributed by atoms with Crippen LogP contribution in [0.15, 0.2) is 65.7 Å². The average Bonchev–Trinajstić information content (AvgIpc) is 2.67. The van der Waals surface area contributed by atoms with Crippen molar-refractivity contribution in [2.45, 2.75) is 17.9 Å². The topological polar surface area (TPSA) is 77.5 Å². The number of nitrogens with zero attached hydrogens (tertiary/aromatic N) is 1. The smallest absolute Gasteiger partial charge is 0.387 e. The van der Waals surface area contributed by atoms with Gasteiger partial charge in [0.05, 0.1) is 6.61 Å². The lowest BCUT2D eigenvalue weighted by Gasteiger charge is -2.12. The maximum atomic E-state index is 12.5. The molecular formula is C19H18F2N2O4S. The van der Waals surface area contributed by atoms with Gasteiger partial charge in [-0.25, -0.2) is 13.1 Å². The van der Waals surface area contributed by atoms with Crippen LogP contribution in [0.4, 0.5) is 8.78 Å². The average molecular weight is 408 g/mol. The fourth-order valence-electron chi connectivity index (χ4n) is 2.60. The second kappa shape index (κ2) is 8.94. The molecule has 3 aromatic rings. The zero-order chi connectivity index (χ0) is 20.0. The molecule has 0 aliphatic carbocycles. The zero-order valence-corrected chi connectivity index (χ0v) is 15.5. The molecule has 0 aliphatic heterocycles. The van der Waals surface area contributed by atoms with Gasteiger partial charge in [-0.15, -0.1) is 0 Å². The molecule has 0 bridgehead atoms. The van der Waals surface area contributed by atoms with Crippen molar-refractivity contribution in [1.29, 1.82) is 0 Å². The van der Waals surface area contributed by atoms with Gasteiger partial charge in [-0.3, -0.25) is 4.98 Å². The van der Waals surface area contributed by atoms with Crippen LogP contribution in [0.1, 0.15) is 6.42 Å². The maximum Gasteiger partial charge on any atom is 0.387 e. The third-order valence-electron chi connectivity index (χ3n) is 3.82. The van der Waals surface area contributed by atoms with Crippen LogP contribution in [0.5, 0.6) is 11.5 Å². The summed E-state index contributed by atoms with van der Waals surface area (Å²) in [4.78, 5) is 3.94. The molecule has 1 aromatic heterocycles. The van der Waals surface area contributed by atoms with Gasteiger partial charge < -0.3 is 9.47 Å². The van der Waals surface area contributed by atoms with Crippen molar-refractivity contribution >= 4 is 20.9 Å². The van der Waals surface area contributed by atoms with E-state index in [1.165, 1.54) is 24.3 Å². The Morgan fingerprint density at radius 1 is 1.00 bits per heavy atom. The van der Waals surface area contributed by atoms with E-state index in [2.05, 4.69) is 14.4 Å². The number of hydrogen-bond acceptors (Lipinski definition) is 5. The summed E-state index contributed by atoms with van der Waals surface area (Å²) in [5.41, 5.74) is 0.726. The van der Waals surface area contributed by atoms with Crippen molar-refractivity contribution in [3.8, 4) is 11.5 Å². The van der Waals surface area contributed by atoms with E-state index in [0.29, 0.717) is 12.2 Å². The minimum absolute atomic E-state index is 0.0730. The summed E-state index contributed by atoms with van der Waals surface area (Å²) in [6, 6.07) is 14.5. The van der Waals surface area contributed by atoms with Crippen LogP contribution < -0.4 is 14.2 Å². The van der Waals surface area contributed by atoms with Gasteiger partial charge in [0.25, 0.3) is 0 Å². The van der Waals surface area contributed by atoms with Crippen LogP contribution in [0.2, 0.25) is 0 Å². The van der Waals surface area contributed by atoms with Crippen molar-refractivity contribution in [2.24, 2.45) is 0 Å². The van der Waals surface area contributed by atoms with E-state index in [0.717, 1.165) is 10.9 Å². The molecule has 0 fully saturated rings. The van der Waals surface area contributed by atoms with E-state index in [1.54, 1.807) is 12.3 Å². The Morgan fingerprint density at radius 2 is 1.75 bits per heavy atom. The maximum absolute atomic E-state index is 12.5. The monoisotopic (exact) mass is 408 g/mol. The first-order chi connectivity index (χ1) is 13.5. The second-order valence-electron chi connectivity index (χ2n) is 5.76. The summed E-state index contributed by atoms with van der Waals surface area (Å²) in [6.07, 6.45) is 2.04. The van der Waals surface area contributed by atoms with Gasteiger partial charge in [-0.1, -0.05) is 30.3 Å². The largest absolute Gasteiger partial charge is 0.491 e. The van der Waals surface area contributed by atoms with E-state index < -0.39 is 22.4 Å². The first-order valence-corrected chi connectivity index (χ1v) is 9.96. The van der Waals surface area contributed by atoms with Crippen LogP contribution in [-0.4, -0.2) is 33.2 Å². The molecule has 0 saturated carbocycles. The van der Waals surface area contributed by atoms with Crippen molar-refractivity contribution in [3.05, 3.63) is 60.8 Å². The van der Waals surface area contributed by atoms with E-state index in [-0.39, 0.29) is 18.0 Å². The zero-order valence-electron chi connectivity index (χ0n) is 14.7. The highest BCUT2D eigenvalue weighted by atomic mass is 32.2. The number of sulfonamides is 1. The Kier molecular flexibility index (Phi) is 6.37. The van der Waals surface area contributed by atoms with E-state index in [9.17, 15) is 17.2 Å². The van der Waals surface area contributed by atoms with Crippen LogP contribution in [0.3, 0.4) is 0 Å². The number of hydrogen-bond donors (Lipinski definition) is 1. The highest BCUT2D eigenvalue weighted by Crippen LogP contribution is 2.25. The highest BCUT2D eigenvalue weighted by Gasteiger charge is 2.20. The van der Waals surface area contributed by atoms with Gasteiger partial charge in [0.1, 0.15) is 21.9 Å². The number of pyridine rings is 1. The summed E-state index contributed by atoms with van der Waals surface area (Å²) >= 11 is 0. The molecule has 0 aliphatic rings. The molecular weight excluding hydrogens is 390 g/mol. The summed E-state index contributed by atoms with van der Waals surface area (Å²) in [6.45, 7) is -2.78. The lowest BCUT2D eigenvalue weighted by Crippen LogP contribution is -2.26. The molecule has 0 atom stereocenters. The summed E-state index contributed by atoms with van der Waals surface area (Å²) in [7, 11) is -3.99. The summed E-state index contributed by atoms with van der Waals surface area (Å²) in [5, 5.41) is 0.941. The molecule has 28 heavy (non-hydrogen) atoms. The number of ether oxygens (including phenoxy) is 2. The standard InChI is InChI=1S/C19H18F2N2O4S/c20-19(21)27-15-8-1-2-10-17(15)28(24,25)23-12-5-13-26-16-9-3-6-14-7-4-11-22-18(14)16/h1-4,6-11,19,23H,5,12-13H2. The fraction of sp³-hybridized carbons (Fsp3) is 0.211. The molecule has 2 aromatic carbocycles. The van der Waals surface area contributed by atoms with Gasteiger partial charge in [-0.2, -0.15) is 8.78 Å². The molecule has 3 rings (SSSR count). The molecule has 0 amide bonds. The Bertz CT molecular complexity index is 1040. The molecule has 9 heteroatoms. The number of aromatic nitrogens is 1. The highest BCUT2D eigenvalue weighted by molar-refractivity contribution is 7.89. The van der Waals surface area contributed by atoms with Crippen LogP contribution >= 0.6 is 0 Å². The fourth-order valence-corrected chi connectivity index (χ4v) is 3.80. The molecule has 148 valence electrons. The lowest BCUT2D eigenvalue weighted by molar-refractivity contribution is -0.0517. The van der Waals surface area contributed by atoms with E-state index in [1.807, 2.05) is 24.3 Å². The SMILES string of the molecule is O=S(=O)(NCCCOc1cccc2cccnc12)c1ccccc1OC(F)F. The third-order valence-corrected chi connectivity index (χ3v) is 5.32. The first-order valence-electron chi connectivity index (χ1n) is 8.47. The summed E-state index contributed by atoms with van der Waals surface area (Å²) < 4.78 is 62.0. The van der Waals surface area contributed by atoms with Crippen molar-refractivity contribution in [3.63, 3.8) is 0 Å². The first kappa shape index (κ1) is 20.0. The Labute approximate surface area is 161 Å². The van der Waals surface area contributed by atoms with E-state index >= 15 is 0 Å². The molecule has 0 spiro atoms. The molecule has 1 heterocycles. The van der Waals surface area contributed by atoms with Gasteiger partial charge in [-0.05, 0) is 30.7 Å². The normalized spacial score (nSPS) is 11.7. The lowest BCUT2D eigenvalue weighted by atomic mass is 10.2. The number of para-hydroxylation sites is 2. The summed E-state index contributed by atoms with van der Waals surface area (Å²) in [5.74, 6) is 0.208. The van der Waals surface area contributed by atoms with Crippen LogP contribution in [-0.2, 0) is 10.0 Å². The molecule has 0 radical (unpaired) electrons. The number of fused-ring (bicyclic) bond motifs is 1. The number of rotatable bonds is 9. The Morgan fingerprint density at radius 3 is 2.57 bits per heavy atom. The molecule has 0 saturated heterocycles. The minimum atomic E-state index is -3.99. The quantitative estimate of drug-likeness (QED) is 0.548. The number of nitrogens with one attached hydrogen (secondary N) is 1. The van der Waals surface area contributed by atoms with Gasteiger partial charge in [0.2, 0.25) is 10.0 Å². The number of halogens is 2. The van der Waals surface area contributed by atoms with Gasteiger partial charge >= 0.3 is 6.61 Å². The Balaban J connectivity index is 1.56. The van der Waals surface area contributed by atoms with Crippen LogP contribution in [0.25, 0.3) is 10.9 Å². The van der Waals surface area contributed by atoms with Gasteiger partial charge in [0.15, 0.2) is 0 Å². The van der Waals surface area contributed by atoms with Crippen molar-refractivity contribution in [1.82, 2.24) is 9.71 Å². The Hall–Kier alpha value is -2.78. The number of benzene rings is 2. The van der Waals surface area contributed by atoms with Crippen LogP contribution in [0, 0.1) is 0 Å². The predicted octanol–water partition coefficient (Wildman–Crippen LogP) is 3.58. The molecule has 6 nitrogen and oxygen atoms in total. The van der Waals surface area contributed by atoms with Gasteiger partial charge in [0, 0.05) is 18.1 Å². The van der Waals surface area contributed by atoms with Crippen molar-refractivity contribution < 1.29 is 26.7 Å². The minimum Gasteiger partial charge on any atom is -0.491 e. The van der Waals surface area contributed by atoms with Crippen molar-refractivity contribution in [2.75, 3.05) is 13.2 Å². The second-order valence-corrected chi connectivity index (χ2v) is 7.49. The molecule has 1 N–H and O–H groups in total. The van der Waals surface area contributed by atoms with E-state index in [4.69, 9.17) is 4.74 Å². The third kappa shape index (κ3) is 4.93. The molecule has 0 unspecified atom stereocenters.